The summed E-state index contributed by atoms with van der Waals surface area (Å²) in [5.74, 6) is 0. The van der Waals surface area contributed by atoms with Gasteiger partial charge in [-0.2, -0.15) is 5.10 Å². The number of hydrogen-bond acceptors (Lipinski definition) is 4. The third kappa shape index (κ3) is 0.810. The van der Waals surface area contributed by atoms with Crippen LogP contribution in [0.25, 0.3) is 0 Å². The van der Waals surface area contributed by atoms with Crippen molar-refractivity contribution in [3.8, 4) is 0 Å². The Hall–Kier alpha value is -1.39. The Kier molecular flexibility index (Phi) is 1.23. The highest BCUT2D eigenvalue weighted by Crippen LogP contribution is 1.68. The molecule has 5 nitrogen and oxygen atoms in total. The van der Waals surface area contributed by atoms with E-state index in [2.05, 4.69) is 15.2 Å². The minimum atomic E-state index is 1.13. The number of oxime groups is 1. The molecule has 0 saturated heterocycles. The monoisotopic (exact) mass is 112 g/mol. The van der Waals surface area contributed by atoms with Gasteiger partial charge in [0.05, 0.1) is 0 Å². The van der Waals surface area contributed by atoms with Gasteiger partial charge >= 0.3 is 0 Å². The lowest BCUT2D eigenvalue weighted by atomic mass is 11.2. The maximum Gasteiger partial charge on any atom is 0.157 e. The molecule has 0 aliphatic heterocycles. The molecule has 0 radical (unpaired) electrons. The Balaban J connectivity index is 2.77. The van der Waals surface area contributed by atoms with Crippen LogP contribution in [0.1, 0.15) is 0 Å². The molecule has 1 N–H and O–H groups in total. The molecule has 0 aliphatic rings. The van der Waals surface area contributed by atoms with E-state index < -0.39 is 0 Å². The summed E-state index contributed by atoms with van der Waals surface area (Å²) in [5.41, 5.74) is 0. The van der Waals surface area contributed by atoms with Crippen LogP contribution in [0.5, 0.6) is 0 Å². The second kappa shape index (κ2) is 2.06. The summed E-state index contributed by atoms with van der Waals surface area (Å²) in [6.07, 6.45) is 3.90. The van der Waals surface area contributed by atoms with Gasteiger partial charge in [-0.1, -0.05) is 5.16 Å². The molecule has 42 valence electrons. The summed E-state index contributed by atoms with van der Waals surface area (Å²) < 4.78 is 1.28. The number of rotatable bonds is 1. The Morgan fingerprint density at radius 3 is 3.12 bits per heavy atom. The molecule has 0 unspecified atom stereocenters. The molecular weight excluding hydrogens is 108 g/mol. The second-order valence-electron chi connectivity index (χ2n) is 1.11. The van der Waals surface area contributed by atoms with Crippen molar-refractivity contribution in [1.82, 2.24) is 14.8 Å². The quantitative estimate of drug-likeness (QED) is 0.231. The average molecular weight is 112 g/mol. The van der Waals surface area contributed by atoms with E-state index in [1.165, 1.54) is 17.3 Å². The van der Waals surface area contributed by atoms with Crippen LogP contribution in [0.2, 0.25) is 0 Å². The van der Waals surface area contributed by atoms with E-state index in [9.17, 15) is 0 Å². The lowest BCUT2D eigenvalue weighted by molar-refractivity contribution is 0.319. The van der Waals surface area contributed by atoms with Gasteiger partial charge in [-0.15, -0.1) is 0 Å². The van der Waals surface area contributed by atoms with Crippen LogP contribution in [0.15, 0.2) is 17.8 Å². The summed E-state index contributed by atoms with van der Waals surface area (Å²) in [4.78, 5) is 3.59. The summed E-state index contributed by atoms with van der Waals surface area (Å²) in [7, 11) is 0. The summed E-state index contributed by atoms with van der Waals surface area (Å²) in [5, 5.41) is 14.2. The predicted molar refractivity (Wildman–Crippen MR) is 25.7 cm³/mol. The highest BCUT2D eigenvalue weighted by atomic mass is 16.4. The Labute approximate surface area is 45.3 Å². The van der Waals surface area contributed by atoms with Crippen LogP contribution in [0, 0.1) is 0 Å². The highest BCUT2D eigenvalue weighted by molar-refractivity contribution is 5.54. The fourth-order valence-corrected chi connectivity index (χ4v) is 0.330. The largest absolute Gasteiger partial charge is 0.410 e. The smallest absolute Gasteiger partial charge is 0.157 e. The fraction of sp³-hybridized carbons (Fsp3) is 0. The maximum absolute atomic E-state index is 7.92. The molecule has 1 heterocycles. The molecule has 5 heteroatoms. The SMILES string of the molecule is ON=Cn1cncn1. The molecular formula is C3H4N4O. The normalized spacial score (nSPS) is 10.5. The Morgan fingerprint density at radius 1 is 1.75 bits per heavy atom. The number of hydrogen-bond donors (Lipinski definition) is 1. The van der Waals surface area contributed by atoms with Gasteiger partial charge < -0.3 is 5.21 Å². The summed E-state index contributed by atoms with van der Waals surface area (Å²) in [6, 6.07) is 0. The van der Waals surface area contributed by atoms with Crippen molar-refractivity contribution in [2.24, 2.45) is 5.16 Å². The van der Waals surface area contributed by atoms with Crippen molar-refractivity contribution in [2.45, 2.75) is 0 Å². The van der Waals surface area contributed by atoms with E-state index in [1.807, 2.05) is 0 Å². The van der Waals surface area contributed by atoms with Gasteiger partial charge in [0.25, 0.3) is 0 Å². The number of nitrogens with zero attached hydrogens (tertiary/aromatic N) is 4. The van der Waals surface area contributed by atoms with E-state index >= 15 is 0 Å². The molecule has 0 spiro atoms. The summed E-state index contributed by atoms with van der Waals surface area (Å²) in [6.45, 7) is 0. The van der Waals surface area contributed by atoms with Crippen LogP contribution in [0.3, 0.4) is 0 Å². The van der Waals surface area contributed by atoms with Crippen molar-refractivity contribution in [1.29, 1.82) is 0 Å². The van der Waals surface area contributed by atoms with Gasteiger partial charge in [-0.05, 0) is 0 Å². The maximum atomic E-state index is 7.92. The van der Waals surface area contributed by atoms with Crippen molar-refractivity contribution >= 4 is 6.34 Å². The van der Waals surface area contributed by atoms with Crippen LogP contribution >= 0.6 is 0 Å². The Bertz CT molecular complexity index is 167. The zero-order chi connectivity index (χ0) is 5.82. The standard InChI is InChI=1S/C3H4N4O/c8-6-3-7-2-4-1-5-7/h1-3,8H. The van der Waals surface area contributed by atoms with Gasteiger partial charge in [-0.3, -0.25) is 0 Å². The first-order chi connectivity index (χ1) is 3.93. The van der Waals surface area contributed by atoms with Gasteiger partial charge in [0.2, 0.25) is 0 Å². The molecule has 1 aromatic heterocycles. The molecule has 0 fully saturated rings. The molecule has 0 aromatic carbocycles. The van der Waals surface area contributed by atoms with Crippen molar-refractivity contribution in [2.75, 3.05) is 0 Å². The van der Waals surface area contributed by atoms with Crippen LogP contribution < -0.4 is 0 Å². The fourth-order valence-electron chi connectivity index (χ4n) is 0.330. The molecule has 8 heavy (non-hydrogen) atoms. The molecule has 0 saturated carbocycles. The van der Waals surface area contributed by atoms with E-state index in [0.29, 0.717) is 0 Å². The van der Waals surface area contributed by atoms with Crippen molar-refractivity contribution < 1.29 is 5.21 Å². The second-order valence-corrected chi connectivity index (χ2v) is 1.11. The third-order valence-electron chi connectivity index (χ3n) is 0.607. The first kappa shape index (κ1) is 4.76. The predicted octanol–water partition coefficient (Wildman–Crippen LogP) is -0.456. The topological polar surface area (TPSA) is 63.3 Å². The van der Waals surface area contributed by atoms with E-state index in [4.69, 9.17) is 5.21 Å². The molecule has 0 aliphatic carbocycles. The Morgan fingerprint density at radius 2 is 2.62 bits per heavy atom. The van der Waals surface area contributed by atoms with Crippen LogP contribution in [0.4, 0.5) is 0 Å². The lowest BCUT2D eigenvalue weighted by Crippen LogP contribution is -1.93. The molecule has 0 atom stereocenters. The van der Waals surface area contributed by atoms with E-state index in [0.717, 1.165) is 6.34 Å². The first-order valence-corrected chi connectivity index (χ1v) is 1.95. The van der Waals surface area contributed by atoms with Gasteiger partial charge in [-0.25, -0.2) is 9.67 Å². The van der Waals surface area contributed by atoms with Crippen molar-refractivity contribution in [3.63, 3.8) is 0 Å². The molecule has 0 amide bonds. The van der Waals surface area contributed by atoms with E-state index in [-0.39, 0.29) is 0 Å². The van der Waals surface area contributed by atoms with Gasteiger partial charge in [0, 0.05) is 0 Å². The average Bonchev–Trinajstić information content (AvgIpc) is 2.19. The zero-order valence-electron chi connectivity index (χ0n) is 3.97. The zero-order valence-corrected chi connectivity index (χ0v) is 3.97. The lowest BCUT2D eigenvalue weighted by Gasteiger charge is -1.79. The number of aromatic nitrogens is 3. The van der Waals surface area contributed by atoms with Crippen LogP contribution in [-0.2, 0) is 0 Å². The third-order valence-corrected chi connectivity index (χ3v) is 0.607. The van der Waals surface area contributed by atoms with E-state index in [1.54, 1.807) is 0 Å². The highest BCUT2D eigenvalue weighted by Gasteiger charge is 1.78. The minimum absolute atomic E-state index is 1.13. The summed E-state index contributed by atoms with van der Waals surface area (Å²) >= 11 is 0. The molecule has 0 bridgehead atoms. The van der Waals surface area contributed by atoms with Gasteiger partial charge in [0.15, 0.2) is 6.34 Å². The van der Waals surface area contributed by atoms with Gasteiger partial charge in [0.1, 0.15) is 12.7 Å². The first-order valence-electron chi connectivity index (χ1n) is 1.95. The molecule has 1 aromatic rings. The van der Waals surface area contributed by atoms with Crippen LogP contribution in [-0.4, -0.2) is 26.3 Å². The minimum Gasteiger partial charge on any atom is -0.410 e. The van der Waals surface area contributed by atoms with Crippen molar-refractivity contribution in [3.05, 3.63) is 12.7 Å². The molecule has 1 rings (SSSR count).